The van der Waals surface area contributed by atoms with Gasteiger partial charge >= 0.3 is 0 Å². The lowest BCUT2D eigenvalue weighted by Crippen LogP contribution is -2.51. The minimum absolute atomic E-state index is 0.0989. The van der Waals surface area contributed by atoms with E-state index in [0.717, 1.165) is 41.0 Å². The van der Waals surface area contributed by atoms with E-state index in [9.17, 15) is 10.2 Å². The summed E-state index contributed by atoms with van der Waals surface area (Å²) < 4.78 is 0. The SMILES string of the molecule is Cc1cc(C2(c3cc(C)c(O)c(C)c3)CCC3C(C2)C(C)(C)CCC3(C)C)cc(C)c1O. The Labute approximate surface area is 195 Å². The largest absolute Gasteiger partial charge is 0.507 e. The zero-order valence-corrected chi connectivity index (χ0v) is 21.4. The molecule has 2 atom stereocenters. The highest BCUT2D eigenvalue weighted by Crippen LogP contribution is 2.62. The number of benzene rings is 2. The molecule has 2 nitrogen and oxygen atoms in total. The van der Waals surface area contributed by atoms with Gasteiger partial charge in [0.15, 0.2) is 0 Å². The Balaban J connectivity index is 1.94. The number of aromatic hydroxyl groups is 2. The van der Waals surface area contributed by atoms with Gasteiger partial charge < -0.3 is 10.2 Å². The molecule has 0 aliphatic heterocycles. The van der Waals surface area contributed by atoms with Gasteiger partial charge in [0.1, 0.15) is 11.5 Å². The van der Waals surface area contributed by atoms with Crippen molar-refractivity contribution in [3.05, 3.63) is 57.6 Å². The maximum absolute atomic E-state index is 10.5. The molecule has 0 aromatic heterocycles. The second-order valence-corrected chi connectivity index (χ2v) is 12.4. The molecule has 174 valence electrons. The average molecular weight is 435 g/mol. The quantitative estimate of drug-likeness (QED) is 0.504. The lowest BCUT2D eigenvalue weighted by atomic mass is 9.46. The van der Waals surface area contributed by atoms with E-state index in [2.05, 4.69) is 52.0 Å². The van der Waals surface area contributed by atoms with E-state index in [0.29, 0.717) is 28.2 Å². The highest BCUT2D eigenvalue weighted by atomic mass is 16.3. The van der Waals surface area contributed by atoms with Crippen LogP contribution in [0.15, 0.2) is 24.3 Å². The number of aryl methyl sites for hydroxylation is 4. The first-order valence-corrected chi connectivity index (χ1v) is 12.4. The second kappa shape index (κ2) is 7.54. The zero-order valence-electron chi connectivity index (χ0n) is 21.4. The Bertz CT molecular complexity index is 939. The summed E-state index contributed by atoms with van der Waals surface area (Å²) in [5.41, 5.74) is 7.07. The highest BCUT2D eigenvalue weighted by Gasteiger charge is 2.54. The molecule has 32 heavy (non-hydrogen) atoms. The van der Waals surface area contributed by atoms with Crippen molar-refractivity contribution in [2.24, 2.45) is 22.7 Å². The smallest absolute Gasteiger partial charge is 0.121 e. The van der Waals surface area contributed by atoms with Crippen LogP contribution >= 0.6 is 0 Å². The topological polar surface area (TPSA) is 40.5 Å². The summed E-state index contributed by atoms with van der Waals surface area (Å²) in [4.78, 5) is 0. The molecule has 2 N–H and O–H groups in total. The molecule has 2 heteroatoms. The number of phenols is 2. The van der Waals surface area contributed by atoms with Gasteiger partial charge in [0, 0.05) is 5.41 Å². The molecule has 2 saturated carbocycles. The van der Waals surface area contributed by atoms with Crippen LogP contribution in [-0.4, -0.2) is 10.2 Å². The normalized spacial score (nSPS) is 25.9. The van der Waals surface area contributed by atoms with Crippen molar-refractivity contribution >= 4 is 0 Å². The molecule has 0 heterocycles. The summed E-state index contributed by atoms with van der Waals surface area (Å²) in [7, 11) is 0. The maximum Gasteiger partial charge on any atom is 0.121 e. The number of fused-ring (bicyclic) bond motifs is 1. The van der Waals surface area contributed by atoms with Crippen molar-refractivity contribution < 1.29 is 10.2 Å². The van der Waals surface area contributed by atoms with E-state index in [1.807, 2.05) is 27.7 Å². The molecule has 2 aliphatic carbocycles. The van der Waals surface area contributed by atoms with Crippen LogP contribution in [0.3, 0.4) is 0 Å². The van der Waals surface area contributed by atoms with E-state index in [1.165, 1.54) is 30.4 Å². The van der Waals surface area contributed by atoms with Crippen molar-refractivity contribution in [2.75, 3.05) is 0 Å². The van der Waals surface area contributed by atoms with Crippen LogP contribution < -0.4 is 0 Å². The zero-order chi connectivity index (χ0) is 23.6. The van der Waals surface area contributed by atoms with Crippen LogP contribution in [0.25, 0.3) is 0 Å². The average Bonchev–Trinajstić information content (AvgIpc) is 2.72. The van der Waals surface area contributed by atoms with Gasteiger partial charge in [-0.05, 0) is 116 Å². The Morgan fingerprint density at radius 3 is 1.41 bits per heavy atom. The third-order valence-corrected chi connectivity index (χ3v) is 9.44. The molecule has 0 bridgehead atoms. The maximum atomic E-state index is 10.5. The number of phenolic OH excluding ortho intramolecular Hbond substituents is 2. The first-order valence-electron chi connectivity index (χ1n) is 12.4. The van der Waals surface area contributed by atoms with Crippen LogP contribution in [0.4, 0.5) is 0 Å². The number of hydrogen-bond donors (Lipinski definition) is 2. The Morgan fingerprint density at radius 1 is 0.625 bits per heavy atom. The molecule has 2 unspecified atom stereocenters. The van der Waals surface area contributed by atoms with Gasteiger partial charge in [-0.15, -0.1) is 0 Å². The summed E-state index contributed by atoms with van der Waals surface area (Å²) in [6.45, 7) is 18.0. The van der Waals surface area contributed by atoms with E-state index in [4.69, 9.17) is 0 Å². The molecule has 0 spiro atoms. The van der Waals surface area contributed by atoms with Crippen molar-refractivity contribution in [1.29, 1.82) is 0 Å². The van der Waals surface area contributed by atoms with Gasteiger partial charge in [-0.3, -0.25) is 0 Å². The van der Waals surface area contributed by atoms with E-state index < -0.39 is 0 Å². The summed E-state index contributed by atoms with van der Waals surface area (Å²) in [5, 5.41) is 21.0. The highest BCUT2D eigenvalue weighted by molar-refractivity contribution is 5.52. The third-order valence-electron chi connectivity index (χ3n) is 9.44. The van der Waals surface area contributed by atoms with E-state index in [-0.39, 0.29) is 5.41 Å². The molecule has 0 saturated heterocycles. The lowest BCUT2D eigenvalue weighted by molar-refractivity contribution is -0.0603. The predicted molar refractivity (Wildman–Crippen MR) is 134 cm³/mol. The van der Waals surface area contributed by atoms with Crippen LogP contribution in [0.2, 0.25) is 0 Å². The number of hydrogen-bond acceptors (Lipinski definition) is 2. The van der Waals surface area contributed by atoms with Gasteiger partial charge in [0.05, 0.1) is 0 Å². The van der Waals surface area contributed by atoms with E-state index in [1.54, 1.807) is 0 Å². The van der Waals surface area contributed by atoms with Crippen LogP contribution in [0, 0.1) is 50.4 Å². The molecule has 2 aromatic rings. The second-order valence-electron chi connectivity index (χ2n) is 12.4. The molecular formula is C30H42O2. The van der Waals surface area contributed by atoms with Gasteiger partial charge in [0.25, 0.3) is 0 Å². The molecule has 2 aromatic carbocycles. The number of rotatable bonds is 2. The van der Waals surface area contributed by atoms with E-state index >= 15 is 0 Å². The Morgan fingerprint density at radius 2 is 1.00 bits per heavy atom. The Hall–Kier alpha value is -1.96. The fourth-order valence-corrected chi connectivity index (χ4v) is 7.15. The van der Waals surface area contributed by atoms with Crippen molar-refractivity contribution in [2.45, 2.75) is 92.9 Å². The van der Waals surface area contributed by atoms with Crippen LogP contribution in [0.1, 0.15) is 93.2 Å². The fourth-order valence-electron chi connectivity index (χ4n) is 7.15. The van der Waals surface area contributed by atoms with Gasteiger partial charge in [0.2, 0.25) is 0 Å². The van der Waals surface area contributed by atoms with Gasteiger partial charge in [-0.1, -0.05) is 52.0 Å². The first-order chi connectivity index (χ1) is 14.8. The van der Waals surface area contributed by atoms with Crippen molar-refractivity contribution in [1.82, 2.24) is 0 Å². The minimum atomic E-state index is -0.0989. The summed E-state index contributed by atoms with van der Waals surface area (Å²) >= 11 is 0. The standard InChI is InChI=1S/C30H42O2/c1-18-13-22(14-19(2)26(18)31)30(23-15-20(3)27(32)21(4)16-23)10-9-24-25(17-30)29(7,8)12-11-28(24,5)6/h13-16,24-25,31-32H,9-12,17H2,1-8H3. The van der Waals surface area contributed by atoms with Crippen LogP contribution in [-0.2, 0) is 5.41 Å². The van der Waals surface area contributed by atoms with Gasteiger partial charge in [-0.2, -0.15) is 0 Å². The van der Waals surface area contributed by atoms with Crippen molar-refractivity contribution in [3.63, 3.8) is 0 Å². The molecular weight excluding hydrogens is 392 g/mol. The molecule has 0 radical (unpaired) electrons. The molecule has 0 amide bonds. The Kier molecular flexibility index (Phi) is 5.47. The predicted octanol–water partition coefficient (Wildman–Crippen LogP) is 7.88. The van der Waals surface area contributed by atoms with Crippen molar-refractivity contribution in [3.8, 4) is 11.5 Å². The third kappa shape index (κ3) is 3.55. The molecule has 4 rings (SSSR count). The summed E-state index contributed by atoms with van der Waals surface area (Å²) in [6.07, 6.45) is 6.04. The fraction of sp³-hybridized carbons (Fsp3) is 0.600. The lowest BCUT2D eigenvalue weighted by Gasteiger charge is -2.59. The monoisotopic (exact) mass is 434 g/mol. The first kappa shape index (κ1) is 23.2. The summed E-state index contributed by atoms with van der Waals surface area (Å²) in [6, 6.07) is 8.89. The molecule has 2 aliphatic rings. The van der Waals surface area contributed by atoms with Crippen LogP contribution in [0.5, 0.6) is 11.5 Å². The minimum Gasteiger partial charge on any atom is -0.507 e. The summed E-state index contributed by atoms with van der Waals surface area (Å²) in [5.74, 6) is 2.20. The van der Waals surface area contributed by atoms with Gasteiger partial charge in [-0.25, -0.2) is 0 Å². The molecule has 2 fully saturated rings.